The number of aryl methyl sites for hydroxylation is 2. The summed E-state index contributed by atoms with van der Waals surface area (Å²) in [5.41, 5.74) is 4.87. The van der Waals surface area contributed by atoms with Crippen LogP contribution in [0, 0.1) is 6.92 Å². The zero-order valence-electron chi connectivity index (χ0n) is 23.7. The molecule has 1 atom stereocenters. The first kappa shape index (κ1) is 26.6. The summed E-state index contributed by atoms with van der Waals surface area (Å²) in [5, 5.41) is 11.2. The van der Waals surface area contributed by atoms with Gasteiger partial charge < -0.3 is 25.0 Å². The number of carbonyl (C=O) groups excluding carboxylic acids is 1. The van der Waals surface area contributed by atoms with Crippen molar-refractivity contribution in [2.75, 3.05) is 43.1 Å². The summed E-state index contributed by atoms with van der Waals surface area (Å²) in [6.45, 7) is 7.91. The summed E-state index contributed by atoms with van der Waals surface area (Å²) in [4.78, 5) is 25.2. The lowest BCUT2D eigenvalue weighted by atomic mass is 9.88. The first-order chi connectivity index (χ1) is 19.4. The summed E-state index contributed by atoms with van der Waals surface area (Å²) in [5.74, 6) is 2.74. The Bertz CT molecular complexity index is 1360. The number of carbonyl (C=O) groups is 1. The summed E-state index contributed by atoms with van der Waals surface area (Å²) >= 11 is 0. The first-order valence-corrected chi connectivity index (χ1v) is 14.5. The van der Waals surface area contributed by atoms with Gasteiger partial charge in [0, 0.05) is 63.1 Å². The van der Waals surface area contributed by atoms with Crippen LogP contribution in [0.1, 0.15) is 77.4 Å². The van der Waals surface area contributed by atoms with Crippen LogP contribution in [-0.2, 0) is 18.2 Å². The Morgan fingerprint density at radius 3 is 2.65 bits per heavy atom. The van der Waals surface area contributed by atoms with E-state index in [1.54, 1.807) is 4.68 Å². The number of aromatic nitrogens is 4. The summed E-state index contributed by atoms with van der Waals surface area (Å²) in [7, 11) is 1.90. The lowest BCUT2D eigenvalue weighted by Gasteiger charge is -2.33. The third kappa shape index (κ3) is 5.63. The van der Waals surface area contributed by atoms with Crippen molar-refractivity contribution in [2.45, 2.75) is 64.0 Å². The van der Waals surface area contributed by atoms with E-state index in [1.807, 2.05) is 39.2 Å². The van der Waals surface area contributed by atoms with Crippen LogP contribution >= 0.6 is 0 Å². The van der Waals surface area contributed by atoms with Crippen molar-refractivity contribution in [3.63, 3.8) is 0 Å². The number of nitrogens with zero attached hydrogens (tertiary/aromatic N) is 5. The van der Waals surface area contributed by atoms with Crippen molar-refractivity contribution in [3.8, 4) is 5.75 Å². The molecule has 0 spiro atoms. The molecule has 212 valence electrons. The molecule has 1 unspecified atom stereocenters. The van der Waals surface area contributed by atoms with E-state index >= 15 is 0 Å². The number of rotatable bonds is 7. The standard InChI is InChI=1S/C30H39N7O3/c1-19(25-18-36(3)35-20(25)2)31-29(38)23-6-4-5-22(17-23)21-7-12-37(13-8-21)30-33-26-11-16-40-27(26)28(34-30)32-24-9-14-39-15-10-24/h4-6,17-19,21,24H,7-16H2,1-3H3,(H,31,38)(H,32,33,34). The van der Waals surface area contributed by atoms with E-state index < -0.39 is 0 Å². The van der Waals surface area contributed by atoms with E-state index in [4.69, 9.17) is 19.4 Å². The molecule has 0 bridgehead atoms. The van der Waals surface area contributed by atoms with E-state index in [2.05, 4.69) is 32.8 Å². The van der Waals surface area contributed by atoms with E-state index in [1.165, 1.54) is 5.56 Å². The lowest BCUT2D eigenvalue weighted by molar-refractivity contribution is 0.0903. The fraction of sp³-hybridized carbons (Fsp3) is 0.533. The average molecular weight is 546 g/mol. The third-order valence-corrected chi connectivity index (χ3v) is 8.33. The Labute approximate surface area is 235 Å². The molecule has 40 heavy (non-hydrogen) atoms. The number of hydrogen-bond donors (Lipinski definition) is 2. The lowest BCUT2D eigenvalue weighted by Crippen LogP contribution is -2.35. The molecule has 0 aliphatic carbocycles. The highest BCUT2D eigenvalue weighted by atomic mass is 16.5. The molecule has 10 nitrogen and oxygen atoms in total. The van der Waals surface area contributed by atoms with Crippen LogP contribution in [-0.4, -0.2) is 64.6 Å². The largest absolute Gasteiger partial charge is 0.487 e. The zero-order chi connectivity index (χ0) is 27.6. The van der Waals surface area contributed by atoms with Crippen molar-refractivity contribution in [2.24, 2.45) is 7.05 Å². The van der Waals surface area contributed by atoms with Gasteiger partial charge in [-0.15, -0.1) is 0 Å². The Morgan fingerprint density at radius 2 is 1.90 bits per heavy atom. The Balaban J connectivity index is 1.10. The van der Waals surface area contributed by atoms with Crippen LogP contribution in [0.3, 0.4) is 0 Å². The number of fused-ring (bicyclic) bond motifs is 1. The molecular formula is C30H39N7O3. The number of benzene rings is 1. The van der Waals surface area contributed by atoms with Gasteiger partial charge in [-0.05, 0) is 63.1 Å². The second kappa shape index (κ2) is 11.4. The summed E-state index contributed by atoms with van der Waals surface area (Å²) in [6.07, 6.45) is 6.69. The number of hydrogen-bond acceptors (Lipinski definition) is 8. The van der Waals surface area contributed by atoms with Gasteiger partial charge in [0.05, 0.1) is 24.0 Å². The highest BCUT2D eigenvalue weighted by Crippen LogP contribution is 2.36. The minimum absolute atomic E-state index is 0.0617. The van der Waals surface area contributed by atoms with Gasteiger partial charge in [0.2, 0.25) is 5.95 Å². The van der Waals surface area contributed by atoms with Gasteiger partial charge in [-0.3, -0.25) is 9.48 Å². The highest BCUT2D eigenvalue weighted by Gasteiger charge is 2.28. The van der Waals surface area contributed by atoms with Gasteiger partial charge >= 0.3 is 0 Å². The van der Waals surface area contributed by atoms with Gasteiger partial charge in [0.1, 0.15) is 0 Å². The fourth-order valence-corrected chi connectivity index (χ4v) is 6.08. The van der Waals surface area contributed by atoms with E-state index in [0.717, 1.165) is 92.9 Å². The Hall–Kier alpha value is -3.66. The van der Waals surface area contributed by atoms with Crippen molar-refractivity contribution < 1.29 is 14.3 Å². The minimum Gasteiger partial charge on any atom is -0.487 e. The molecular weight excluding hydrogens is 506 g/mol. The normalized spacial score (nSPS) is 18.7. The van der Waals surface area contributed by atoms with Gasteiger partial charge in [-0.2, -0.15) is 10.1 Å². The summed E-state index contributed by atoms with van der Waals surface area (Å²) in [6, 6.07) is 8.31. The molecule has 3 aliphatic heterocycles. The predicted molar refractivity (Wildman–Crippen MR) is 153 cm³/mol. The van der Waals surface area contributed by atoms with Gasteiger partial charge in [0.15, 0.2) is 11.6 Å². The van der Waals surface area contributed by atoms with E-state index in [-0.39, 0.29) is 11.9 Å². The van der Waals surface area contributed by atoms with Crippen LogP contribution in [0.15, 0.2) is 30.5 Å². The van der Waals surface area contributed by atoms with Crippen molar-refractivity contribution in [3.05, 3.63) is 58.5 Å². The fourth-order valence-electron chi connectivity index (χ4n) is 6.08. The number of anilines is 2. The summed E-state index contributed by atoms with van der Waals surface area (Å²) < 4.78 is 13.2. The maximum Gasteiger partial charge on any atom is 0.251 e. The maximum absolute atomic E-state index is 13.1. The monoisotopic (exact) mass is 545 g/mol. The highest BCUT2D eigenvalue weighted by molar-refractivity contribution is 5.94. The predicted octanol–water partition coefficient (Wildman–Crippen LogP) is 3.92. The van der Waals surface area contributed by atoms with Crippen molar-refractivity contribution in [1.82, 2.24) is 25.1 Å². The third-order valence-electron chi connectivity index (χ3n) is 8.33. The van der Waals surface area contributed by atoms with Crippen molar-refractivity contribution in [1.29, 1.82) is 0 Å². The van der Waals surface area contributed by atoms with E-state index in [0.29, 0.717) is 24.1 Å². The molecule has 1 amide bonds. The van der Waals surface area contributed by atoms with Crippen molar-refractivity contribution >= 4 is 17.7 Å². The van der Waals surface area contributed by atoms with Gasteiger partial charge in [0.25, 0.3) is 5.91 Å². The smallest absolute Gasteiger partial charge is 0.251 e. The number of amides is 1. The Morgan fingerprint density at radius 1 is 1.10 bits per heavy atom. The molecule has 2 saturated heterocycles. The minimum atomic E-state index is -0.114. The molecule has 3 aliphatic rings. The van der Waals surface area contributed by atoms with Crippen LogP contribution in [0.5, 0.6) is 5.75 Å². The Kier molecular flexibility index (Phi) is 7.60. The number of nitrogens with one attached hydrogen (secondary N) is 2. The number of piperidine rings is 1. The average Bonchev–Trinajstić information content (AvgIpc) is 3.59. The molecule has 2 aromatic heterocycles. The van der Waals surface area contributed by atoms with Gasteiger partial charge in [-0.1, -0.05) is 12.1 Å². The second-order valence-electron chi connectivity index (χ2n) is 11.2. The molecule has 5 heterocycles. The number of ether oxygens (including phenoxy) is 2. The topological polar surface area (TPSA) is 106 Å². The molecule has 3 aromatic rings. The SMILES string of the molecule is Cc1nn(C)cc1C(C)NC(=O)c1cccc(C2CCN(c3nc4c(c(NC5CCOCC5)n3)OCC4)CC2)c1. The second-order valence-corrected chi connectivity index (χ2v) is 11.2. The molecule has 0 radical (unpaired) electrons. The van der Waals surface area contributed by atoms with Crippen LogP contribution < -0.4 is 20.3 Å². The molecule has 10 heteroatoms. The molecule has 2 N–H and O–H groups in total. The van der Waals surface area contributed by atoms with Crippen LogP contribution in [0.4, 0.5) is 11.8 Å². The zero-order valence-corrected chi connectivity index (χ0v) is 23.7. The molecule has 0 saturated carbocycles. The molecule has 1 aromatic carbocycles. The van der Waals surface area contributed by atoms with Crippen LogP contribution in [0.25, 0.3) is 0 Å². The van der Waals surface area contributed by atoms with Crippen LogP contribution in [0.2, 0.25) is 0 Å². The molecule has 6 rings (SSSR count). The molecule has 2 fully saturated rings. The van der Waals surface area contributed by atoms with E-state index in [9.17, 15) is 4.79 Å². The van der Waals surface area contributed by atoms with Gasteiger partial charge in [-0.25, -0.2) is 4.98 Å². The quantitative estimate of drug-likeness (QED) is 0.460. The first-order valence-electron chi connectivity index (χ1n) is 14.5. The maximum atomic E-state index is 13.1.